The van der Waals surface area contributed by atoms with Gasteiger partial charge in [0.25, 0.3) is 0 Å². The molecule has 0 radical (unpaired) electrons. The average molecular weight is 274 g/mol. The number of hydrogen-bond donors (Lipinski definition) is 0. The van der Waals surface area contributed by atoms with E-state index in [1.165, 1.54) is 0 Å². The van der Waals surface area contributed by atoms with Crippen LogP contribution in [0.2, 0.25) is 0 Å². The maximum atomic E-state index is 5.91. The van der Waals surface area contributed by atoms with Gasteiger partial charge >= 0.3 is 12.5 Å². The Bertz CT molecular complexity index is 443. The molecule has 2 heterocycles. The summed E-state index contributed by atoms with van der Waals surface area (Å²) in [7, 11) is 0. The summed E-state index contributed by atoms with van der Waals surface area (Å²) < 4.78 is 15.9. The largest absolute Gasteiger partial charge is 0.353 e. The third-order valence-electron chi connectivity index (χ3n) is 2.98. The van der Waals surface area contributed by atoms with Crippen molar-refractivity contribution in [1.82, 2.24) is 0 Å². The van der Waals surface area contributed by atoms with Gasteiger partial charge in [0.15, 0.2) is 24.8 Å². The first kappa shape index (κ1) is 14.6. The number of pyridine rings is 2. The predicted octanol–water partition coefficient (Wildman–Crippen LogP) is 2.03. The zero-order valence-electron chi connectivity index (χ0n) is 12.1. The molecule has 0 aliphatic rings. The van der Waals surface area contributed by atoms with E-state index in [-0.39, 0.29) is 12.5 Å². The predicted molar refractivity (Wildman–Crippen MR) is 74.6 cm³/mol. The number of rotatable bonds is 7. The minimum atomic E-state index is -0.200. The van der Waals surface area contributed by atoms with Crippen molar-refractivity contribution >= 4 is 0 Å². The van der Waals surface area contributed by atoms with E-state index in [0.29, 0.717) is 13.2 Å². The lowest BCUT2D eigenvalue weighted by molar-refractivity contribution is -0.870. The topological polar surface area (TPSA) is 26.2 Å². The van der Waals surface area contributed by atoms with Crippen LogP contribution in [-0.4, -0.2) is 13.2 Å². The van der Waals surface area contributed by atoms with Crippen molar-refractivity contribution in [2.45, 2.75) is 26.3 Å². The molecule has 2 rings (SSSR count). The monoisotopic (exact) mass is 274 g/mol. The van der Waals surface area contributed by atoms with E-state index in [1.54, 1.807) is 0 Å². The Morgan fingerprint density at radius 1 is 0.650 bits per heavy atom. The van der Waals surface area contributed by atoms with Crippen LogP contribution in [0.3, 0.4) is 0 Å². The highest BCUT2D eigenvalue weighted by Gasteiger charge is 2.38. The van der Waals surface area contributed by atoms with Crippen LogP contribution in [0.4, 0.5) is 0 Å². The van der Waals surface area contributed by atoms with Crippen molar-refractivity contribution in [3.05, 3.63) is 61.2 Å². The second-order valence-electron chi connectivity index (χ2n) is 4.34. The Morgan fingerprint density at radius 2 is 1.00 bits per heavy atom. The van der Waals surface area contributed by atoms with Crippen molar-refractivity contribution in [2.75, 3.05) is 13.2 Å². The molecule has 0 fully saturated rings. The molecule has 4 nitrogen and oxygen atoms in total. The summed E-state index contributed by atoms with van der Waals surface area (Å²) in [4.78, 5) is 0. The minimum absolute atomic E-state index is 0.200. The molecule has 2 atom stereocenters. The van der Waals surface area contributed by atoms with Crippen molar-refractivity contribution in [3.8, 4) is 0 Å². The summed E-state index contributed by atoms with van der Waals surface area (Å²) in [5.41, 5.74) is 0. The summed E-state index contributed by atoms with van der Waals surface area (Å²) in [5.74, 6) is 0. The van der Waals surface area contributed by atoms with Gasteiger partial charge in [-0.05, 0) is 13.8 Å². The van der Waals surface area contributed by atoms with Gasteiger partial charge in [0.1, 0.15) is 0 Å². The van der Waals surface area contributed by atoms with Gasteiger partial charge in [-0.25, -0.2) is 0 Å². The zero-order valence-corrected chi connectivity index (χ0v) is 12.1. The van der Waals surface area contributed by atoms with E-state index >= 15 is 0 Å². The third-order valence-corrected chi connectivity index (χ3v) is 2.98. The lowest BCUT2D eigenvalue weighted by Crippen LogP contribution is -2.54. The number of ether oxygens (including phenoxy) is 2. The van der Waals surface area contributed by atoms with Gasteiger partial charge in [-0.15, -0.1) is 0 Å². The third kappa shape index (κ3) is 3.62. The molecule has 0 saturated heterocycles. The molecule has 0 saturated carbocycles. The highest BCUT2D eigenvalue weighted by molar-refractivity contribution is 4.85. The lowest BCUT2D eigenvalue weighted by atomic mass is 10.3. The first-order valence-electron chi connectivity index (χ1n) is 7.01. The van der Waals surface area contributed by atoms with Gasteiger partial charge in [0.05, 0.1) is 13.2 Å². The second-order valence-corrected chi connectivity index (χ2v) is 4.34. The molecule has 2 aromatic rings. The fourth-order valence-corrected chi connectivity index (χ4v) is 2.14. The van der Waals surface area contributed by atoms with Crippen molar-refractivity contribution in [1.29, 1.82) is 0 Å². The Balaban J connectivity index is 2.33. The van der Waals surface area contributed by atoms with Crippen LogP contribution in [0.25, 0.3) is 0 Å². The first-order valence-corrected chi connectivity index (χ1v) is 7.01. The summed E-state index contributed by atoms with van der Waals surface area (Å²) >= 11 is 0. The van der Waals surface area contributed by atoms with Gasteiger partial charge in [0, 0.05) is 24.3 Å². The van der Waals surface area contributed by atoms with E-state index in [1.807, 2.05) is 84.2 Å². The molecule has 0 aromatic carbocycles. The van der Waals surface area contributed by atoms with Crippen molar-refractivity contribution in [3.63, 3.8) is 0 Å². The Hall–Kier alpha value is -1.78. The van der Waals surface area contributed by atoms with E-state index in [2.05, 4.69) is 0 Å². The molecule has 4 heteroatoms. The van der Waals surface area contributed by atoms with Crippen molar-refractivity contribution in [2.24, 2.45) is 0 Å². The molecular weight excluding hydrogens is 252 g/mol. The number of hydrogen-bond acceptors (Lipinski definition) is 2. The smallest absolute Gasteiger partial charge is 0.314 e. The molecule has 2 aromatic heterocycles. The molecule has 2 unspecified atom stereocenters. The molecule has 20 heavy (non-hydrogen) atoms. The summed E-state index contributed by atoms with van der Waals surface area (Å²) in [6.07, 6.45) is 7.58. The second kappa shape index (κ2) is 7.72. The van der Waals surface area contributed by atoms with Crippen LogP contribution in [0.15, 0.2) is 61.2 Å². The highest BCUT2D eigenvalue weighted by Crippen LogP contribution is 2.15. The summed E-state index contributed by atoms with van der Waals surface area (Å²) in [6, 6.07) is 11.9. The molecule has 0 bridgehead atoms. The SMILES string of the molecule is CCOC(C(OCC)[n+]1ccccc1)[n+]1ccccc1. The van der Waals surface area contributed by atoms with Crippen LogP contribution in [0.1, 0.15) is 26.3 Å². The van der Waals surface area contributed by atoms with E-state index in [4.69, 9.17) is 9.47 Å². The molecule has 0 aliphatic heterocycles. The van der Waals surface area contributed by atoms with Crippen LogP contribution in [-0.2, 0) is 9.47 Å². The van der Waals surface area contributed by atoms with Gasteiger partial charge < -0.3 is 9.47 Å². The van der Waals surface area contributed by atoms with Crippen LogP contribution >= 0.6 is 0 Å². The molecule has 106 valence electrons. The highest BCUT2D eigenvalue weighted by atomic mass is 16.6. The Morgan fingerprint density at radius 3 is 1.30 bits per heavy atom. The normalized spacial score (nSPS) is 13.9. The quantitative estimate of drug-likeness (QED) is 0.722. The number of nitrogens with zero attached hydrogens (tertiary/aromatic N) is 2. The van der Waals surface area contributed by atoms with Crippen molar-refractivity contribution < 1.29 is 18.6 Å². The zero-order chi connectivity index (χ0) is 14.2. The first-order chi connectivity index (χ1) is 9.86. The standard InChI is InChI=1S/C16H22N2O2/c1-3-19-15(17-11-7-5-8-12-17)16(20-4-2)18-13-9-6-10-14-18/h5-16H,3-4H2,1-2H3/q+2. The van der Waals surface area contributed by atoms with E-state index < -0.39 is 0 Å². The van der Waals surface area contributed by atoms with Gasteiger partial charge in [-0.1, -0.05) is 12.1 Å². The van der Waals surface area contributed by atoms with Gasteiger partial charge in [-0.3, -0.25) is 0 Å². The molecule has 0 amide bonds. The van der Waals surface area contributed by atoms with E-state index in [0.717, 1.165) is 0 Å². The number of aromatic nitrogens is 2. The minimum Gasteiger partial charge on any atom is -0.314 e. The maximum Gasteiger partial charge on any atom is 0.353 e. The molecular formula is C16H22N2O2+2. The van der Waals surface area contributed by atoms with Gasteiger partial charge in [0.2, 0.25) is 0 Å². The maximum absolute atomic E-state index is 5.91. The Labute approximate surface area is 120 Å². The van der Waals surface area contributed by atoms with Crippen LogP contribution in [0, 0.1) is 0 Å². The Kier molecular flexibility index (Phi) is 5.65. The van der Waals surface area contributed by atoms with Gasteiger partial charge in [-0.2, -0.15) is 9.13 Å². The summed E-state index contributed by atoms with van der Waals surface area (Å²) in [5, 5.41) is 0. The molecule has 0 N–H and O–H groups in total. The average Bonchev–Trinajstić information content (AvgIpc) is 2.52. The molecule has 0 spiro atoms. The van der Waals surface area contributed by atoms with Crippen LogP contribution in [0.5, 0.6) is 0 Å². The van der Waals surface area contributed by atoms with E-state index in [9.17, 15) is 0 Å². The molecule has 0 aliphatic carbocycles. The summed E-state index contributed by atoms with van der Waals surface area (Å²) in [6.45, 7) is 5.25. The lowest BCUT2D eigenvalue weighted by Gasteiger charge is -2.18. The fourth-order valence-electron chi connectivity index (χ4n) is 2.14. The fraction of sp³-hybridized carbons (Fsp3) is 0.375. The van der Waals surface area contributed by atoms with Crippen LogP contribution < -0.4 is 9.13 Å².